The van der Waals surface area contributed by atoms with Gasteiger partial charge in [-0.1, -0.05) is 24.3 Å². The van der Waals surface area contributed by atoms with E-state index in [-0.39, 0.29) is 30.1 Å². The first kappa shape index (κ1) is 23.8. The minimum atomic E-state index is -0.0502. The van der Waals surface area contributed by atoms with E-state index in [1.165, 1.54) is 22.8 Å². The monoisotopic (exact) mass is 554 g/mol. The maximum absolute atomic E-state index is 6.02. The van der Waals surface area contributed by atoms with Crippen LogP contribution in [-0.2, 0) is 6.54 Å². The van der Waals surface area contributed by atoms with Gasteiger partial charge in [0.2, 0.25) is 0 Å². The summed E-state index contributed by atoms with van der Waals surface area (Å²) in [7, 11) is 0. The highest BCUT2D eigenvalue weighted by molar-refractivity contribution is 14.0. The van der Waals surface area contributed by atoms with Crippen LogP contribution < -0.4 is 25.0 Å². The molecule has 2 aromatic carbocycles. The largest absolute Gasteiger partial charge is 0.486 e. The molecule has 0 radical (unpaired) electrons. The van der Waals surface area contributed by atoms with E-state index in [0.717, 1.165) is 37.1 Å². The molecule has 0 spiro atoms. The van der Waals surface area contributed by atoms with Crippen LogP contribution in [0.4, 0.5) is 5.69 Å². The van der Waals surface area contributed by atoms with Crippen LogP contribution in [0.25, 0.3) is 0 Å². The Morgan fingerprint density at radius 2 is 1.81 bits per heavy atom. The van der Waals surface area contributed by atoms with E-state index in [4.69, 9.17) is 14.5 Å². The second kappa shape index (κ2) is 12.3. The van der Waals surface area contributed by atoms with Gasteiger partial charge in [-0.05, 0) is 36.8 Å². The van der Waals surface area contributed by atoms with Gasteiger partial charge in [-0.2, -0.15) is 11.8 Å². The molecule has 0 saturated carbocycles. The van der Waals surface area contributed by atoms with Gasteiger partial charge in [-0.15, -0.1) is 24.0 Å². The number of benzene rings is 2. The summed E-state index contributed by atoms with van der Waals surface area (Å²) in [6, 6.07) is 16.6. The number of thioether (sulfide) groups is 1. The number of para-hydroxylation sites is 2. The Bertz CT molecular complexity index is 844. The summed E-state index contributed by atoms with van der Waals surface area (Å²) in [6.45, 7) is 6.94. The Labute approximate surface area is 206 Å². The van der Waals surface area contributed by atoms with Gasteiger partial charge >= 0.3 is 0 Å². The van der Waals surface area contributed by atoms with Crippen molar-refractivity contribution in [3.8, 4) is 11.5 Å². The van der Waals surface area contributed by atoms with Gasteiger partial charge in [0.1, 0.15) is 12.7 Å². The number of fused-ring (bicyclic) bond motifs is 1. The fourth-order valence-corrected chi connectivity index (χ4v) is 4.42. The van der Waals surface area contributed by atoms with Crippen molar-refractivity contribution in [2.45, 2.75) is 19.6 Å². The van der Waals surface area contributed by atoms with Crippen LogP contribution in [0.3, 0.4) is 0 Å². The predicted molar refractivity (Wildman–Crippen MR) is 141 cm³/mol. The molecule has 2 aliphatic heterocycles. The molecule has 31 heavy (non-hydrogen) atoms. The highest BCUT2D eigenvalue weighted by Crippen LogP contribution is 2.30. The van der Waals surface area contributed by atoms with Crippen LogP contribution in [-0.4, -0.2) is 56.4 Å². The van der Waals surface area contributed by atoms with Crippen LogP contribution in [0.1, 0.15) is 12.5 Å². The summed E-state index contributed by atoms with van der Waals surface area (Å²) in [5, 5.41) is 6.68. The molecule has 0 aliphatic carbocycles. The summed E-state index contributed by atoms with van der Waals surface area (Å²) in [5.41, 5.74) is 2.51. The topological polar surface area (TPSA) is 58.1 Å². The van der Waals surface area contributed by atoms with Gasteiger partial charge < -0.3 is 25.0 Å². The number of nitrogens with one attached hydrogen (secondary N) is 2. The van der Waals surface area contributed by atoms with E-state index in [2.05, 4.69) is 46.7 Å². The van der Waals surface area contributed by atoms with Gasteiger partial charge in [-0.3, -0.25) is 0 Å². The molecule has 1 saturated heterocycles. The van der Waals surface area contributed by atoms with E-state index >= 15 is 0 Å². The molecule has 1 atom stereocenters. The summed E-state index contributed by atoms with van der Waals surface area (Å²) >= 11 is 2.03. The number of hydrogen-bond acceptors (Lipinski definition) is 5. The summed E-state index contributed by atoms with van der Waals surface area (Å²) in [4.78, 5) is 7.19. The van der Waals surface area contributed by atoms with Crippen molar-refractivity contribution in [1.82, 2.24) is 10.6 Å². The van der Waals surface area contributed by atoms with E-state index < -0.39 is 0 Å². The molecule has 168 valence electrons. The zero-order valence-corrected chi connectivity index (χ0v) is 21.0. The third-order valence-electron chi connectivity index (χ3n) is 5.14. The molecule has 4 rings (SSSR count). The van der Waals surface area contributed by atoms with E-state index in [1.54, 1.807) is 0 Å². The molecule has 0 aromatic heterocycles. The molecule has 6 nitrogen and oxygen atoms in total. The Morgan fingerprint density at radius 1 is 1.06 bits per heavy atom. The van der Waals surface area contributed by atoms with Crippen LogP contribution in [0.15, 0.2) is 53.5 Å². The first-order valence-electron chi connectivity index (χ1n) is 10.6. The van der Waals surface area contributed by atoms with Gasteiger partial charge in [-0.25, -0.2) is 4.99 Å². The second-order valence-corrected chi connectivity index (χ2v) is 8.56. The molecule has 1 fully saturated rings. The number of hydrogen-bond donors (Lipinski definition) is 2. The lowest BCUT2D eigenvalue weighted by atomic mass is 10.2. The quantitative estimate of drug-likeness (QED) is 0.323. The third kappa shape index (κ3) is 6.83. The highest BCUT2D eigenvalue weighted by atomic mass is 127. The summed E-state index contributed by atoms with van der Waals surface area (Å²) in [5.74, 6) is 4.82. The van der Waals surface area contributed by atoms with Crippen molar-refractivity contribution < 1.29 is 9.47 Å². The lowest BCUT2D eigenvalue weighted by Crippen LogP contribution is -2.45. The van der Waals surface area contributed by atoms with Crippen molar-refractivity contribution in [2.24, 2.45) is 4.99 Å². The lowest BCUT2D eigenvalue weighted by molar-refractivity contribution is 0.0936. The van der Waals surface area contributed by atoms with Crippen molar-refractivity contribution in [1.29, 1.82) is 0 Å². The second-order valence-electron chi connectivity index (χ2n) is 7.34. The van der Waals surface area contributed by atoms with Crippen LogP contribution in [0.2, 0.25) is 0 Å². The number of ether oxygens (including phenoxy) is 2. The average molecular weight is 554 g/mol. The molecule has 2 heterocycles. The van der Waals surface area contributed by atoms with Crippen molar-refractivity contribution >= 4 is 47.4 Å². The number of anilines is 1. The normalized spacial score (nSPS) is 18.2. The zero-order valence-electron chi connectivity index (χ0n) is 17.9. The number of rotatable bonds is 6. The Kier molecular flexibility index (Phi) is 9.45. The number of halogens is 1. The van der Waals surface area contributed by atoms with Gasteiger partial charge in [0.25, 0.3) is 0 Å². The molecular formula is C23H31IN4O2S. The van der Waals surface area contributed by atoms with Crippen LogP contribution in [0, 0.1) is 0 Å². The third-order valence-corrected chi connectivity index (χ3v) is 6.08. The lowest BCUT2D eigenvalue weighted by Gasteiger charge is -2.28. The summed E-state index contributed by atoms with van der Waals surface area (Å²) in [6.07, 6.45) is -0.0502. The minimum Gasteiger partial charge on any atom is -0.486 e. The first-order valence-corrected chi connectivity index (χ1v) is 11.8. The molecule has 2 N–H and O–H groups in total. The molecule has 2 aromatic rings. The predicted octanol–water partition coefficient (Wildman–Crippen LogP) is 3.75. The van der Waals surface area contributed by atoms with Crippen molar-refractivity contribution in [3.63, 3.8) is 0 Å². The molecule has 0 bridgehead atoms. The molecular weight excluding hydrogens is 523 g/mol. The Morgan fingerprint density at radius 3 is 2.55 bits per heavy atom. The number of aliphatic imine (C=N–C) groups is 1. The molecule has 1 unspecified atom stereocenters. The number of guanidine groups is 1. The fraction of sp³-hybridized carbons (Fsp3) is 0.435. The minimum absolute atomic E-state index is 0. The van der Waals surface area contributed by atoms with Gasteiger partial charge in [0.05, 0.1) is 13.1 Å². The van der Waals surface area contributed by atoms with Crippen LogP contribution in [0.5, 0.6) is 11.5 Å². The first-order chi connectivity index (χ1) is 14.8. The fourth-order valence-electron chi connectivity index (χ4n) is 3.52. The Hall–Kier alpha value is -1.81. The highest BCUT2D eigenvalue weighted by Gasteiger charge is 2.20. The van der Waals surface area contributed by atoms with Crippen LogP contribution >= 0.6 is 35.7 Å². The SMILES string of the molecule is CCNC(=NCc1ccc(N2CCSCC2)cc1)NCC1COc2ccccc2O1.I. The molecule has 2 aliphatic rings. The standard InChI is InChI=1S/C23H30N4O2S.HI/c1-2-24-23(26-16-20-17-28-21-5-3-4-6-22(21)29-20)25-15-18-7-9-19(10-8-18)27-11-13-30-14-12-27;/h3-10,20H,2,11-17H2,1H3,(H2,24,25,26);1H. The maximum Gasteiger partial charge on any atom is 0.191 e. The maximum atomic E-state index is 6.02. The van der Waals surface area contributed by atoms with Crippen molar-refractivity contribution in [3.05, 3.63) is 54.1 Å². The summed E-state index contributed by atoms with van der Waals surface area (Å²) < 4.78 is 11.8. The molecule has 8 heteroatoms. The average Bonchev–Trinajstić information content (AvgIpc) is 2.81. The van der Waals surface area contributed by atoms with E-state index in [9.17, 15) is 0 Å². The van der Waals surface area contributed by atoms with Gasteiger partial charge in [0, 0.05) is 36.8 Å². The Balaban J connectivity index is 0.00000272. The van der Waals surface area contributed by atoms with E-state index in [0.29, 0.717) is 19.7 Å². The number of nitrogens with zero attached hydrogens (tertiary/aromatic N) is 2. The van der Waals surface area contributed by atoms with E-state index in [1.807, 2.05) is 36.0 Å². The molecule has 0 amide bonds. The van der Waals surface area contributed by atoms with Crippen molar-refractivity contribution in [2.75, 3.05) is 49.2 Å². The smallest absolute Gasteiger partial charge is 0.191 e. The zero-order chi connectivity index (χ0) is 20.6. The van der Waals surface area contributed by atoms with Gasteiger partial charge in [0.15, 0.2) is 17.5 Å².